The lowest BCUT2D eigenvalue weighted by molar-refractivity contribution is -0.134. The Morgan fingerprint density at radius 3 is 2.79 bits per heavy atom. The molecule has 4 heteroatoms. The zero-order valence-electron chi connectivity index (χ0n) is 12.0. The van der Waals surface area contributed by atoms with Crippen LogP contribution < -0.4 is 0 Å². The summed E-state index contributed by atoms with van der Waals surface area (Å²) in [6.45, 7) is 2.57. The molecule has 0 aliphatic heterocycles. The zero-order valence-corrected chi connectivity index (χ0v) is 12.0. The average molecular weight is 264 g/mol. The SMILES string of the molecule is CCOC(C(=O)Cc1ccn(C)n1)C1CCCCC1. The molecule has 1 atom stereocenters. The minimum absolute atomic E-state index is 0.187. The van der Waals surface area contributed by atoms with Crippen LogP contribution in [0.3, 0.4) is 0 Å². The van der Waals surface area contributed by atoms with Gasteiger partial charge in [-0.25, -0.2) is 0 Å². The lowest BCUT2D eigenvalue weighted by Gasteiger charge is -2.28. The lowest BCUT2D eigenvalue weighted by Crippen LogP contribution is -2.35. The second kappa shape index (κ2) is 6.85. The van der Waals surface area contributed by atoms with Crippen LogP contribution in [0.4, 0.5) is 0 Å². The van der Waals surface area contributed by atoms with Crippen LogP contribution in [0.1, 0.15) is 44.7 Å². The predicted octanol–water partition coefficient (Wildman–Crippen LogP) is 2.52. The van der Waals surface area contributed by atoms with E-state index in [1.165, 1.54) is 19.3 Å². The number of hydrogen-bond acceptors (Lipinski definition) is 3. The fourth-order valence-corrected chi connectivity index (χ4v) is 2.94. The van der Waals surface area contributed by atoms with Gasteiger partial charge < -0.3 is 4.74 Å². The van der Waals surface area contributed by atoms with E-state index in [2.05, 4.69) is 5.10 Å². The number of rotatable bonds is 6. The second-order valence-corrected chi connectivity index (χ2v) is 5.40. The maximum atomic E-state index is 12.4. The molecule has 0 aromatic carbocycles. The van der Waals surface area contributed by atoms with Crippen LogP contribution in [-0.4, -0.2) is 28.3 Å². The molecule has 0 saturated heterocycles. The summed E-state index contributed by atoms with van der Waals surface area (Å²) in [6, 6.07) is 1.90. The quantitative estimate of drug-likeness (QED) is 0.793. The van der Waals surface area contributed by atoms with Crippen LogP contribution in [0.25, 0.3) is 0 Å². The number of carbonyl (C=O) groups excluding carboxylic acids is 1. The van der Waals surface area contributed by atoms with Crippen LogP contribution in [0.15, 0.2) is 12.3 Å². The Labute approximate surface area is 115 Å². The van der Waals surface area contributed by atoms with E-state index < -0.39 is 0 Å². The normalized spacial score (nSPS) is 18.4. The number of Topliss-reactive ketones (excluding diaryl/α,β-unsaturated/α-hetero) is 1. The molecule has 19 heavy (non-hydrogen) atoms. The third-order valence-corrected chi connectivity index (χ3v) is 3.87. The van der Waals surface area contributed by atoms with Gasteiger partial charge in [-0.1, -0.05) is 19.3 Å². The molecular formula is C15H24N2O2. The van der Waals surface area contributed by atoms with Crippen molar-refractivity contribution in [1.82, 2.24) is 9.78 Å². The Morgan fingerprint density at radius 1 is 1.47 bits per heavy atom. The van der Waals surface area contributed by atoms with Gasteiger partial charge in [0.25, 0.3) is 0 Å². The van der Waals surface area contributed by atoms with Crippen LogP contribution in [-0.2, 0) is 23.0 Å². The number of ether oxygens (including phenoxy) is 1. The minimum atomic E-state index is -0.229. The minimum Gasteiger partial charge on any atom is -0.370 e. The van der Waals surface area contributed by atoms with Gasteiger partial charge in [-0.05, 0) is 31.7 Å². The first kappa shape index (κ1) is 14.3. The molecule has 0 N–H and O–H groups in total. The summed E-state index contributed by atoms with van der Waals surface area (Å²) in [6.07, 6.45) is 8.03. The lowest BCUT2D eigenvalue weighted by atomic mass is 9.83. The molecule has 1 saturated carbocycles. The molecule has 1 unspecified atom stereocenters. The topological polar surface area (TPSA) is 44.1 Å². The predicted molar refractivity (Wildman–Crippen MR) is 73.9 cm³/mol. The number of ketones is 1. The maximum Gasteiger partial charge on any atom is 0.167 e. The van der Waals surface area contributed by atoms with E-state index in [0.29, 0.717) is 18.9 Å². The van der Waals surface area contributed by atoms with Crippen LogP contribution in [0.5, 0.6) is 0 Å². The van der Waals surface area contributed by atoms with E-state index in [-0.39, 0.29) is 11.9 Å². The van der Waals surface area contributed by atoms with E-state index in [1.807, 2.05) is 26.2 Å². The molecule has 0 spiro atoms. The molecule has 0 amide bonds. The summed E-state index contributed by atoms with van der Waals surface area (Å²) in [5.74, 6) is 0.595. The van der Waals surface area contributed by atoms with Crippen molar-refractivity contribution < 1.29 is 9.53 Å². The summed E-state index contributed by atoms with van der Waals surface area (Å²) < 4.78 is 7.47. The van der Waals surface area contributed by atoms with Crippen molar-refractivity contribution in [3.8, 4) is 0 Å². The Kier molecular flexibility index (Phi) is 5.14. The van der Waals surface area contributed by atoms with Crippen LogP contribution in [0.2, 0.25) is 0 Å². The third-order valence-electron chi connectivity index (χ3n) is 3.87. The number of aryl methyl sites for hydroxylation is 1. The molecule has 1 aliphatic carbocycles. The first-order valence-corrected chi connectivity index (χ1v) is 7.33. The molecule has 1 aromatic rings. The van der Waals surface area contributed by atoms with Gasteiger partial charge in [0.2, 0.25) is 0 Å². The highest BCUT2D eigenvalue weighted by Crippen LogP contribution is 2.29. The summed E-state index contributed by atoms with van der Waals surface area (Å²) in [7, 11) is 1.87. The highest BCUT2D eigenvalue weighted by molar-refractivity contribution is 5.85. The standard InChI is InChI=1S/C15H24N2O2/c1-3-19-15(12-7-5-4-6-8-12)14(18)11-13-9-10-17(2)16-13/h9-10,12,15H,3-8,11H2,1-2H3. The molecule has 2 rings (SSSR count). The Balaban J connectivity index is 1.98. The van der Waals surface area contributed by atoms with Crippen molar-refractivity contribution in [2.45, 2.75) is 51.6 Å². The number of nitrogens with zero attached hydrogens (tertiary/aromatic N) is 2. The van der Waals surface area contributed by atoms with Crippen molar-refractivity contribution in [3.63, 3.8) is 0 Å². The molecule has 0 radical (unpaired) electrons. The number of carbonyl (C=O) groups is 1. The van der Waals surface area contributed by atoms with E-state index >= 15 is 0 Å². The molecule has 1 aromatic heterocycles. The van der Waals surface area contributed by atoms with Gasteiger partial charge in [0.05, 0.1) is 12.1 Å². The van der Waals surface area contributed by atoms with Crippen molar-refractivity contribution in [2.75, 3.05) is 6.61 Å². The van der Waals surface area contributed by atoms with Crippen molar-refractivity contribution in [2.24, 2.45) is 13.0 Å². The van der Waals surface area contributed by atoms with Gasteiger partial charge in [-0.2, -0.15) is 5.10 Å². The molecule has 1 heterocycles. The smallest absolute Gasteiger partial charge is 0.167 e. The second-order valence-electron chi connectivity index (χ2n) is 5.40. The fraction of sp³-hybridized carbons (Fsp3) is 0.733. The van der Waals surface area contributed by atoms with Gasteiger partial charge in [0.1, 0.15) is 6.10 Å². The van der Waals surface area contributed by atoms with Crippen molar-refractivity contribution >= 4 is 5.78 Å². The van der Waals surface area contributed by atoms with Gasteiger partial charge >= 0.3 is 0 Å². The zero-order chi connectivity index (χ0) is 13.7. The van der Waals surface area contributed by atoms with E-state index in [1.54, 1.807) is 4.68 Å². The summed E-state index contributed by atoms with van der Waals surface area (Å²) in [5.41, 5.74) is 0.841. The molecular weight excluding hydrogens is 240 g/mol. The van der Waals surface area contributed by atoms with E-state index in [4.69, 9.17) is 4.74 Å². The third kappa shape index (κ3) is 3.90. The number of hydrogen-bond donors (Lipinski definition) is 0. The van der Waals surface area contributed by atoms with Gasteiger partial charge in [0.15, 0.2) is 5.78 Å². The summed E-state index contributed by atoms with van der Waals surface area (Å²) in [4.78, 5) is 12.4. The highest BCUT2D eigenvalue weighted by atomic mass is 16.5. The average Bonchev–Trinajstić information content (AvgIpc) is 2.82. The monoisotopic (exact) mass is 264 g/mol. The van der Waals surface area contributed by atoms with E-state index in [0.717, 1.165) is 18.5 Å². The molecule has 0 bridgehead atoms. The highest BCUT2D eigenvalue weighted by Gasteiger charge is 2.30. The number of aromatic nitrogens is 2. The van der Waals surface area contributed by atoms with Gasteiger partial charge in [-0.3, -0.25) is 9.48 Å². The largest absolute Gasteiger partial charge is 0.370 e. The Bertz CT molecular complexity index is 408. The summed E-state index contributed by atoms with van der Waals surface area (Å²) in [5, 5.41) is 4.28. The molecule has 106 valence electrons. The molecule has 1 fully saturated rings. The molecule has 4 nitrogen and oxygen atoms in total. The van der Waals surface area contributed by atoms with Gasteiger partial charge in [0, 0.05) is 19.9 Å². The van der Waals surface area contributed by atoms with Gasteiger partial charge in [-0.15, -0.1) is 0 Å². The Morgan fingerprint density at radius 2 is 2.21 bits per heavy atom. The first-order valence-electron chi connectivity index (χ1n) is 7.33. The van der Waals surface area contributed by atoms with Crippen LogP contribution >= 0.6 is 0 Å². The maximum absolute atomic E-state index is 12.4. The van der Waals surface area contributed by atoms with Crippen LogP contribution in [0, 0.1) is 5.92 Å². The Hall–Kier alpha value is -1.16. The molecule has 1 aliphatic rings. The first-order chi connectivity index (χ1) is 9.20. The van der Waals surface area contributed by atoms with Crippen molar-refractivity contribution in [3.05, 3.63) is 18.0 Å². The van der Waals surface area contributed by atoms with E-state index in [9.17, 15) is 4.79 Å². The fourth-order valence-electron chi connectivity index (χ4n) is 2.94. The summed E-state index contributed by atoms with van der Waals surface area (Å²) >= 11 is 0. The van der Waals surface area contributed by atoms with Crippen molar-refractivity contribution in [1.29, 1.82) is 0 Å².